The average Bonchev–Trinajstić information content (AvgIpc) is 2.63. The summed E-state index contributed by atoms with van der Waals surface area (Å²) in [5, 5.41) is 11.3. The van der Waals surface area contributed by atoms with Gasteiger partial charge in [0.15, 0.2) is 0 Å². The minimum Gasteiger partial charge on any atom is -0.308 e. The lowest BCUT2D eigenvalue weighted by atomic mass is 9.97. The van der Waals surface area contributed by atoms with Crippen molar-refractivity contribution in [1.82, 2.24) is 15.6 Å². The molecule has 0 bridgehead atoms. The van der Waals surface area contributed by atoms with Crippen LogP contribution in [0.4, 0.5) is 0 Å². The van der Waals surface area contributed by atoms with Crippen molar-refractivity contribution in [3.05, 3.63) is 11.4 Å². The Morgan fingerprint density at radius 1 is 1.12 bits per heavy atom. The second-order valence-corrected chi connectivity index (χ2v) is 4.72. The predicted molar refractivity (Wildman–Crippen MR) is 62.0 cm³/mol. The Morgan fingerprint density at radius 2 is 1.81 bits per heavy atom. The fraction of sp³-hybridized carbons (Fsp3) is 0.833. The van der Waals surface area contributed by atoms with Crippen LogP contribution in [0.25, 0.3) is 0 Å². The Balaban J connectivity index is 1.77. The second kappa shape index (κ2) is 5.99. The van der Waals surface area contributed by atoms with E-state index < -0.39 is 0 Å². The summed E-state index contributed by atoms with van der Waals surface area (Å²) in [4.78, 5) is 0. The number of rotatable bonds is 3. The highest BCUT2D eigenvalue weighted by atomic mass is 16.6. The van der Waals surface area contributed by atoms with Gasteiger partial charge >= 0.3 is 0 Å². The lowest BCUT2D eigenvalue weighted by molar-refractivity contribution is 0.298. The fourth-order valence-corrected chi connectivity index (χ4v) is 2.31. The van der Waals surface area contributed by atoms with Crippen LogP contribution in [0.1, 0.15) is 56.3 Å². The standard InChI is InChI=1S/C12H21N3O/c1-10-12(15-16-14-10)9-13-11-7-5-3-2-4-6-8-11/h11,13H,2-9H2,1H3. The van der Waals surface area contributed by atoms with Gasteiger partial charge in [-0.1, -0.05) is 42.4 Å². The third kappa shape index (κ3) is 3.30. The van der Waals surface area contributed by atoms with Gasteiger partial charge in [-0.2, -0.15) is 0 Å². The summed E-state index contributed by atoms with van der Waals surface area (Å²) in [5.41, 5.74) is 1.85. The van der Waals surface area contributed by atoms with Gasteiger partial charge in [-0.05, 0) is 19.8 Å². The number of aromatic nitrogens is 2. The van der Waals surface area contributed by atoms with E-state index in [-0.39, 0.29) is 0 Å². The predicted octanol–water partition coefficient (Wildman–Crippen LogP) is 2.58. The van der Waals surface area contributed by atoms with Gasteiger partial charge in [0.25, 0.3) is 0 Å². The van der Waals surface area contributed by atoms with Crippen molar-refractivity contribution in [2.75, 3.05) is 0 Å². The summed E-state index contributed by atoms with van der Waals surface area (Å²) >= 11 is 0. The van der Waals surface area contributed by atoms with Gasteiger partial charge < -0.3 is 5.32 Å². The van der Waals surface area contributed by atoms with Crippen LogP contribution in [-0.4, -0.2) is 16.4 Å². The zero-order chi connectivity index (χ0) is 11.2. The molecular formula is C12H21N3O. The maximum absolute atomic E-state index is 4.69. The molecule has 1 aliphatic rings. The Morgan fingerprint density at radius 3 is 2.44 bits per heavy atom. The van der Waals surface area contributed by atoms with E-state index in [1.807, 2.05) is 6.92 Å². The Kier molecular flexibility index (Phi) is 4.34. The van der Waals surface area contributed by atoms with Crippen molar-refractivity contribution in [1.29, 1.82) is 0 Å². The second-order valence-electron chi connectivity index (χ2n) is 4.72. The Labute approximate surface area is 96.8 Å². The first-order valence-corrected chi connectivity index (χ1v) is 6.37. The number of aryl methyl sites for hydroxylation is 1. The van der Waals surface area contributed by atoms with Crippen molar-refractivity contribution >= 4 is 0 Å². The smallest absolute Gasteiger partial charge is 0.121 e. The van der Waals surface area contributed by atoms with Gasteiger partial charge in [0.2, 0.25) is 0 Å². The highest BCUT2D eigenvalue weighted by Crippen LogP contribution is 2.17. The number of hydrogen-bond acceptors (Lipinski definition) is 4. The summed E-state index contributed by atoms with van der Waals surface area (Å²) < 4.78 is 4.69. The van der Waals surface area contributed by atoms with Crippen LogP contribution in [0.15, 0.2) is 4.63 Å². The van der Waals surface area contributed by atoms with Gasteiger partial charge in [-0.15, -0.1) is 0 Å². The van der Waals surface area contributed by atoms with E-state index in [1.54, 1.807) is 0 Å². The molecule has 90 valence electrons. The summed E-state index contributed by atoms with van der Waals surface area (Å²) in [6, 6.07) is 0.649. The maximum atomic E-state index is 4.69. The lowest BCUT2D eigenvalue weighted by Gasteiger charge is -2.20. The molecule has 16 heavy (non-hydrogen) atoms. The third-order valence-electron chi connectivity index (χ3n) is 3.41. The highest BCUT2D eigenvalue weighted by molar-refractivity contribution is 5.04. The van der Waals surface area contributed by atoms with Crippen LogP contribution in [0.3, 0.4) is 0 Å². The number of hydrogen-bond donors (Lipinski definition) is 1. The van der Waals surface area contributed by atoms with E-state index in [0.717, 1.165) is 17.9 Å². The van der Waals surface area contributed by atoms with Crippen LogP contribution >= 0.6 is 0 Å². The molecule has 0 atom stereocenters. The monoisotopic (exact) mass is 223 g/mol. The number of nitrogens with one attached hydrogen (secondary N) is 1. The lowest BCUT2D eigenvalue weighted by Crippen LogP contribution is -2.29. The zero-order valence-corrected chi connectivity index (χ0v) is 10.0. The largest absolute Gasteiger partial charge is 0.308 e. The van der Waals surface area contributed by atoms with E-state index in [0.29, 0.717) is 6.04 Å². The van der Waals surface area contributed by atoms with Crippen molar-refractivity contribution < 1.29 is 4.63 Å². The van der Waals surface area contributed by atoms with Gasteiger partial charge in [-0.25, -0.2) is 4.63 Å². The number of nitrogens with zero attached hydrogens (tertiary/aromatic N) is 2. The third-order valence-corrected chi connectivity index (χ3v) is 3.41. The molecule has 0 radical (unpaired) electrons. The highest BCUT2D eigenvalue weighted by Gasteiger charge is 2.12. The van der Waals surface area contributed by atoms with Crippen LogP contribution < -0.4 is 5.32 Å². The SMILES string of the molecule is Cc1nonc1CNC1CCCCCCC1. The molecule has 1 aliphatic carbocycles. The molecule has 0 saturated heterocycles. The molecule has 0 amide bonds. The topological polar surface area (TPSA) is 51.0 Å². The minimum atomic E-state index is 0.649. The minimum absolute atomic E-state index is 0.649. The van der Waals surface area contributed by atoms with Gasteiger partial charge in [0, 0.05) is 12.6 Å². The molecule has 1 heterocycles. The van der Waals surface area contributed by atoms with E-state index in [1.165, 1.54) is 44.9 Å². The summed E-state index contributed by atoms with van der Waals surface area (Å²) in [6.07, 6.45) is 9.50. The molecule has 1 aromatic heterocycles. The first-order valence-electron chi connectivity index (χ1n) is 6.37. The van der Waals surface area contributed by atoms with Crippen LogP contribution in [-0.2, 0) is 6.54 Å². The molecule has 4 heteroatoms. The first-order chi connectivity index (χ1) is 7.86. The van der Waals surface area contributed by atoms with Crippen LogP contribution in [0, 0.1) is 6.92 Å². The van der Waals surface area contributed by atoms with Crippen molar-refractivity contribution in [2.45, 2.75) is 64.5 Å². The van der Waals surface area contributed by atoms with Crippen molar-refractivity contribution in [2.24, 2.45) is 0 Å². The molecule has 1 N–H and O–H groups in total. The molecule has 1 aromatic rings. The molecule has 0 aliphatic heterocycles. The Hall–Kier alpha value is -0.900. The van der Waals surface area contributed by atoms with E-state index in [9.17, 15) is 0 Å². The van der Waals surface area contributed by atoms with Gasteiger partial charge in [0.1, 0.15) is 11.4 Å². The molecule has 1 saturated carbocycles. The van der Waals surface area contributed by atoms with Crippen molar-refractivity contribution in [3.63, 3.8) is 0 Å². The van der Waals surface area contributed by atoms with Gasteiger partial charge in [0.05, 0.1) is 0 Å². The molecule has 2 rings (SSSR count). The average molecular weight is 223 g/mol. The normalized spacial score (nSPS) is 19.3. The molecule has 4 nitrogen and oxygen atoms in total. The molecule has 0 spiro atoms. The fourth-order valence-electron chi connectivity index (χ4n) is 2.31. The summed E-state index contributed by atoms with van der Waals surface area (Å²) in [6.45, 7) is 2.73. The van der Waals surface area contributed by atoms with E-state index >= 15 is 0 Å². The first kappa shape index (κ1) is 11.6. The van der Waals surface area contributed by atoms with Crippen LogP contribution in [0.2, 0.25) is 0 Å². The quantitative estimate of drug-likeness (QED) is 0.855. The molecule has 1 fully saturated rings. The maximum Gasteiger partial charge on any atom is 0.121 e. The molecule has 0 aromatic carbocycles. The summed E-state index contributed by atoms with van der Waals surface area (Å²) in [5.74, 6) is 0. The van der Waals surface area contributed by atoms with Crippen molar-refractivity contribution in [3.8, 4) is 0 Å². The van der Waals surface area contributed by atoms with E-state index in [4.69, 9.17) is 0 Å². The molecule has 0 unspecified atom stereocenters. The molecular weight excluding hydrogens is 202 g/mol. The summed E-state index contributed by atoms with van der Waals surface area (Å²) in [7, 11) is 0. The van der Waals surface area contributed by atoms with E-state index in [2.05, 4.69) is 20.3 Å². The zero-order valence-electron chi connectivity index (χ0n) is 10.0. The van der Waals surface area contributed by atoms with Crippen LogP contribution in [0.5, 0.6) is 0 Å². The van der Waals surface area contributed by atoms with Gasteiger partial charge in [-0.3, -0.25) is 0 Å². The Bertz CT molecular complexity index is 303.